The number of ketones is 1. The van der Waals surface area contributed by atoms with Gasteiger partial charge in [0.05, 0.1) is 18.8 Å². The second kappa shape index (κ2) is 9.14. The van der Waals surface area contributed by atoms with Crippen LogP contribution in [0.15, 0.2) is 40.4 Å². The van der Waals surface area contributed by atoms with Crippen molar-refractivity contribution in [3.63, 3.8) is 0 Å². The van der Waals surface area contributed by atoms with Crippen molar-refractivity contribution in [3.05, 3.63) is 30.3 Å². The molecule has 1 rings (SSSR count). The van der Waals surface area contributed by atoms with Crippen molar-refractivity contribution in [2.75, 3.05) is 19.5 Å². The van der Waals surface area contributed by atoms with Crippen molar-refractivity contribution in [2.24, 2.45) is 5.16 Å². The van der Waals surface area contributed by atoms with Gasteiger partial charge in [0.15, 0.2) is 5.71 Å². The van der Waals surface area contributed by atoms with E-state index in [1.807, 2.05) is 30.3 Å². The van der Waals surface area contributed by atoms with E-state index >= 15 is 0 Å². The zero-order chi connectivity index (χ0) is 14.8. The number of thioether (sulfide) groups is 1. The van der Waals surface area contributed by atoms with E-state index in [0.717, 1.165) is 4.90 Å². The normalized spacial score (nSPS) is 11.0. The molecule has 0 bridgehead atoms. The number of esters is 1. The van der Waals surface area contributed by atoms with E-state index < -0.39 is 5.97 Å². The Balaban J connectivity index is 2.50. The lowest BCUT2D eigenvalue weighted by Gasteiger charge is -2.05. The third-order valence-corrected chi connectivity index (χ3v) is 3.29. The van der Waals surface area contributed by atoms with Gasteiger partial charge in [0, 0.05) is 4.90 Å². The number of carbonyl (C=O) groups is 2. The number of hydrogen-bond donors (Lipinski definition) is 0. The molecule has 1 aromatic carbocycles. The monoisotopic (exact) mass is 295 g/mol. The smallest absolute Gasteiger partial charge is 0.356 e. The molecule has 108 valence electrons. The maximum Gasteiger partial charge on any atom is 0.356 e. The molecule has 0 aliphatic heterocycles. The summed E-state index contributed by atoms with van der Waals surface area (Å²) in [4.78, 5) is 29.0. The van der Waals surface area contributed by atoms with Crippen LogP contribution in [0.4, 0.5) is 0 Å². The summed E-state index contributed by atoms with van der Waals surface area (Å²) in [7, 11) is 1.32. The van der Waals surface area contributed by atoms with Gasteiger partial charge in [-0.3, -0.25) is 4.79 Å². The molecule has 0 saturated heterocycles. The van der Waals surface area contributed by atoms with Gasteiger partial charge in [-0.05, 0) is 19.1 Å². The van der Waals surface area contributed by atoms with Gasteiger partial charge in [-0.2, -0.15) is 0 Å². The Morgan fingerprint density at radius 1 is 1.25 bits per heavy atom. The van der Waals surface area contributed by atoms with Gasteiger partial charge in [-0.1, -0.05) is 23.4 Å². The molecule has 6 heteroatoms. The molecule has 1 aromatic rings. The van der Waals surface area contributed by atoms with Crippen LogP contribution < -0.4 is 0 Å². The minimum Gasteiger partial charge on any atom is -0.461 e. The second-order valence-electron chi connectivity index (χ2n) is 3.76. The zero-order valence-electron chi connectivity index (χ0n) is 11.5. The van der Waals surface area contributed by atoms with Crippen LogP contribution in [0.3, 0.4) is 0 Å². The molecular weight excluding hydrogens is 278 g/mol. The maximum atomic E-state index is 11.8. The number of Topliss-reactive ketones (excluding diaryl/α,β-unsaturated/α-hetero) is 1. The van der Waals surface area contributed by atoms with Crippen molar-refractivity contribution >= 4 is 29.2 Å². The number of ether oxygens (including phenoxy) is 1. The predicted octanol–water partition coefficient (Wildman–Crippen LogP) is 2.30. The topological polar surface area (TPSA) is 65.0 Å². The van der Waals surface area contributed by atoms with E-state index in [1.165, 1.54) is 18.9 Å². The largest absolute Gasteiger partial charge is 0.461 e. The van der Waals surface area contributed by atoms with Gasteiger partial charge in [0.1, 0.15) is 12.9 Å². The predicted molar refractivity (Wildman–Crippen MR) is 77.9 cm³/mol. The van der Waals surface area contributed by atoms with Crippen LogP contribution in [0.25, 0.3) is 0 Å². The molecule has 0 fully saturated rings. The SMILES string of the molecule is CCOC(=O)/C(CC(=O)CSc1ccccc1)=N/OC. The Morgan fingerprint density at radius 2 is 1.95 bits per heavy atom. The van der Waals surface area contributed by atoms with E-state index in [2.05, 4.69) is 9.99 Å². The quantitative estimate of drug-likeness (QED) is 0.319. The molecule has 0 amide bonds. The Labute approximate surface area is 122 Å². The molecule has 0 radical (unpaired) electrons. The average Bonchev–Trinajstić information content (AvgIpc) is 2.46. The van der Waals surface area contributed by atoms with Crippen LogP contribution in [0.5, 0.6) is 0 Å². The Kier molecular flexibility index (Phi) is 7.42. The summed E-state index contributed by atoms with van der Waals surface area (Å²) in [6.07, 6.45) is -0.0908. The number of benzene rings is 1. The van der Waals surface area contributed by atoms with Crippen molar-refractivity contribution in [1.29, 1.82) is 0 Å². The summed E-state index contributed by atoms with van der Waals surface area (Å²) in [5.41, 5.74) is -0.00647. The first-order valence-corrected chi connectivity index (χ1v) is 7.12. The Hall–Kier alpha value is -1.82. The van der Waals surface area contributed by atoms with E-state index in [0.29, 0.717) is 0 Å². The number of carbonyl (C=O) groups excluding carboxylic acids is 2. The lowest BCUT2D eigenvalue weighted by molar-refractivity contribution is -0.135. The molecule has 0 aromatic heterocycles. The lowest BCUT2D eigenvalue weighted by Crippen LogP contribution is -2.22. The molecule has 20 heavy (non-hydrogen) atoms. The van der Waals surface area contributed by atoms with E-state index in [-0.39, 0.29) is 30.3 Å². The molecule has 5 nitrogen and oxygen atoms in total. The molecule has 0 saturated carbocycles. The molecule has 0 atom stereocenters. The fourth-order valence-corrected chi connectivity index (χ4v) is 2.16. The molecular formula is C14H17NO4S. The van der Waals surface area contributed by atoms with Crippen molar-refractivity contribution in [3.8, 4) is 0 Å². The molecule has 0 heterocycles. The van der Waals surface area contributed by atoms with Gasteiger partial charge >= 0.3 is 5.97 Å². The summed E-state index contributed by atoms with van der Waals surface area (Å²) >= 11 is 1.42. The third-order valence-electron chi connectivity index (χ3n) is 2.22. The summed E-state index contributed by atoms with van der Waals surface area (Å²) < 4.78 is 4.81. The molecule has 0 spiro atoms. The number of nitrogens with zero attached hydrogens (tertiary/aromatic N) is 1. The van der Waals surface area contributed by atoms with Crippen molar-refractivity contribution in [2.45, 2.75) is 18.2 Å². The van der Waals surface area contributed by atoms with Crippen molar-refractivity contribution in [1.82, 2.24) is 0 Å². The number of oxime groups is 1. The van der Waals surface area contributed by atoms with Gasteiger partial charge < -0.3 is 9.57 Å². The Morgan fingerprint density at radius 3 is 2.55 bits per heavy atom. The molecule has 0 unspecified atom stereocenters. The number of rotatable bonds is 8. The van der Waals surface area contributed by atoms with Crippen LogP contribution in [-0.2, 0) is 19.2 Å². The van der Waals surface area contributed by atoms with Gasteiger partial charge in [-0.15, -0.1) is 11.8 Å². The van der Waals surface area contributed by atoms with Gasteiger partial charge in [-0.25, -0.2) is 4.79 Å². The van der Waals surface area contributed by atoms with Gasteiger partial charge in [0.25, 0.3) is 0 Å². The highest BCUT2D eigenvalue weighted by Gasteiger charge is 2.18. The van der Waals surface area contributed by atoms with E-state index in [9.17, 15) is 9.59 Å². The summed E-state index contributed by atoms with van der Waals surface area (Å²) in [6.45, 7) is 1.92. The van der Waals surface area contributed by atoms with Crippen LogP contribution >= 0.6 is 11.8 Å². The molecule has 0 aliphatic rings. The van der Waals surface area contributed by atoms with E-state index in [4.69, 9.17) is 4.74 Å². The first-order valence-electron chi connectivity index (χ1n) is 6.14. The highest BCUT2D eigenvalue weighted by atomic mass is 32.2. The van der Waals surface area contributed by atoms with Crippen LogP contribution in [0.1, 0.15) is 13.3 Å². The molecule has 0 aliphatic carbocycles. The fraction of sp³-hybridized carbons (Fsp3) is 0.357. The lowest BCUT2D eigenvalue weighted by atomic mass is 10.2. The average molecular weight is 295 g/mol. The zero-order valence-corrected chi connectivity index (χ0v) is 12.3. The van der Waals surface area contributed by atoms with Crippen molar-refractivity contribution < 1.29 is 19.2 Å². The maximum absolute atomic E-state index is 11.8. The third kappa shape index (κ3) is 5.88. The van der Waals surface area contributed by atoms with Crippen LogP contribution in [-0.4, -0.2) is 36.9 Å². The minimum atomic E-state index is -0.618. The number of hydrogen-bond acceptors (Lipinski definition) is 6. The minimum absolute atomic E-state index is 0.00647. The highest BCUT2D eigenvalue weighted by molar-refractivity contribution is 8.00. The highest BCUT2D eigenvalue weighted by Crippen LogP contribution is 2.17. The van der Waals surface area contributed by atoms with Crippen LogP contribution in [0, 0.1) is 0 Å². The Bertz CT molecular complexity index is 473. The summed E-state index contributed by atoms with van der Waals surface area (Å²) in [5, 5.41) is 3.55. The summed E-state index contributed by atoms with van der Waals surface area (Å²) in [5.74, 6) is -0.457. The fourth-order valence-electron chi connectivity index (χ4n) is 1.38. The second-order valence-corrected chi connectivity index (χ2v) is 4.81. The van der Waals surface area contributed by atoms with Gasteiger partial charge in [0.2, 0.25) is 0 Å². The van der Waals surface area contributed by atoms with E-state index in [1.54, 1.807) is 6.92 Å². The van der Waals surface area contributed by atoms with Crippen LogP contribution in [0.2, 0.25) is 0 Å². The first-order chi connectivity index (χ1) is 9.67. The summed E-state index contributed by atoms with van der Waals surface area (Å²) in [6, 6.07) is 9.57. The standard InChI is InChI=1S/C14H17NO4S/c1-3-19-14(17)13(15-18-2)9-11(16)10-20-12-7-5-4-6-8-12/h4-8H,3,9-10H2,1-2H3/b15-13+. The molecule has 0 N–H and O–H groups in total. The first kappa shape index (κ1) is 16.2.